The maximum absolute atomic E-state index is 12.7. The third kappa shape index (κ3) is 3.22. The topological polar surface area (TPSA) is 20.2 Å². The Morgan fingerprint density at radius 3 is 2.47 bits per heavy atom. The van der Waals surface area contributed by atoms with Crippen molar-refractivity contribution in [2.75, 3.05) is 0 Å². The van der Waals surface area contributed by atoms with Gasteiger partial charge < -0.3 is 5.11 Å². The van der Waals surface area contributed by atoms with Gasteiger partial charge in [0.15, 0.2) is 0 Å². The largest absolute Gasteiger partial charge is 0.416 e. The lowest BCUT2D eigenvalue weighted by molar-refractivity contribution is -0.139. The van der Waals surface area contributed by atoms with E-state index in [1.807, 2.05) is 0 Å². The van der Waals surface area contributed by atoms with Gasteiger partial charge in [-0.15, -0.1) is 0 Å². The number of alkyl halides is 3. The molecule has 0 amide bonds. The smallest absolute Gasteiger partial charge is 0.388 e. The van der Waals surface area contributed by atoms with Crippen LogP contribution in [0.1, 0.15) is 42.9 Å². The Balaban J connectivity index is 2.12. The Labute approximate surface area is 98.3 Å². The molecular formula is C13H15F3O. The van der Waals surface area contributed by atoms with E-state index in [0.717, 1.165) is 25.3 Å². The zero-order valence-corrected chi connectivity index (χ0v) is 9.37. The quantitative estimate of drug-likeness (QED) is 0.850. The third-order valence-electron chi connectivity index (χ3n) is 3.17. The summed E-state index contributed by atoms with van der Waals surface area (Å²) in [6.45, 7) is 0. The van der Waals surface area contributed by atoms with Crippen molar-refractivity contribution < 1.29 is 18.3 Å². The van der Waals surface area contributed by atoms with Crippen LogP contribution < -0.4 is 0 Å². The molecule has 1 aromatic carbocycles. The average Bonchev–Trinajstić information content (AvgIpc) is 3.08. The molecule has 4 heteroatoms. The highest BCUT2D eigenvalue weighted by atomic mass is 19.4. The predicted octanol–water partition coefficient (Wildman–Crippen LogP) is 3.93. The van der Waals surface area contributed by atoms with Gasteiger partial charge >= 0.3 is 6.18 Å². The average molecular weight is 244 g/mol. The number of hydrogen-bond acceptors (Lipinski definition) is 1. The molecule has 0 spiro atoms. The molecule has 1 unspecified atom stereocenters. The second kappa shape index (κ2) is 4.69. The standard InChI is InChI=1S/C13H15F3O/c14-13(15,16)11-4-2-1-3-10(11)12(17)8-7-9-5-6-9/h1-4,9,12,17H,5-8H2. The molecule has 0 radical (unpaired) electrons. The highest BCUT2D eigenvalue weighted by molar-refractivity contribution is 5.31. The van der Waals surface area contributed by atoms with Gasteiger partial charge in [0.2, 0.25) is 0 Å². The molecule has 1 atom stereocenters. The highest BCUT2D eigenvalue weighted by Crippen LogP contribution is 2.39. The second-order valence-electron chi connectivity index (χ2n) is 4.62. The van der Waals surface area contributed by atoms with E-state index in [1.165, 1.54) is 18.2 Å². The van der Waals surface area contributed by atoms with Crippen LogP contribution in [-0.2, 0) is 6.18 Å². The van der Waals surface area contributed by atoms with Crippen molar-refractivity contribution >= 4 is 0 Å². The summed E-state index contributed by atoms with van der Waals surface area (Å²) >= 11 is 0. The van der Waals surface area contributed by atoms with E-state index in [2.05, 4.69) is 0 Å². The van der Waals surface area contributed by atoms with Gasteiger partial charge in [0, 0.05) is 0 Å². The Kier molecular flexibility index (Phi) is 3.43. The molecule has 1 aliphatic carbocycles. The summed E-state index contributed by atoms with van der Waals surface area (Å²) in [6.07, 6.45) is -1.88. The van der Waals surface area contributed by atoms with E-state index in [4.69, 9.17) is 0 Å². The third-order valence-corrected chi connectivity index (χ3v) is 3.17. The zero-order chi connectivity index (χ0) is 12.5. The van der Waals surface area contributed by atoms with Gasteiger partial charge in [0.1, 0.15) is 0 Å². The lowest BCUT2D eigenvalue weighted by Crippen LogP contribution is -2.12. The summed E-state index contributed by atoms with van der Waals surface area (Å²) in [5.74, 6) is 0.614. The fraction of sp³-hybridized carbons (Fsp3) is 0.538. The Bertz CT molecular complexity index is 382. The Morgan fingerprint density at radius 2 is 1.88 bits per heavy atom. The van der Waals surface area contributed by atoms with E-state index in [0.29, 0.717) is 12.3 Å². The van der Waals surface area contributed by atoms with Crippen molar-refractivity contribution in [1.29, 1.82) is 0 Å². The minimum Gasteiger partial charge on any atom is -0.388 e. The molecule has 1 N–H and O–H groups in total. The van der Waals surface area contributed by atoms with Crippen molar-refractivity contribution in [2.45, 2.75) is 38.0 Å². The normalized spacial score (nSPS) is 18.1. The molecule has 17 heavy (non-hydrogen) atoms. The fourth-order valence-corrected chi connectivity index (χ4v) is 2.00. The van der Waals surface area contributed by atoms with Crippen LogP contribution in [0, 0.1) is 5.92 Å². The molecule has 0 aliphatic heterocycles. The summed E-state index contributed by atoms with van der Waals surface area (Å²) < 4.78 is 38.1. The molecule has 0 saturated heterocycles. The van der Waals surface area contributed by atoms with Crippen molar-refractivity contribution in [1.82, 2.24) is 0 Å². The first-order valence-corrected chi connectivity index (χ1v) is 5.82. The number of hydrogen-bond donors (Lipinski definition) is 1. The predicted molar refractivity (Wildman–Crippen MR) is 58.4 cm³/mol. The summed E-state index contributed by atoms with van der Waals surface area (Å²) in [6, 6.07) is 5.26. The van der Waals surface area contributed by atoms with Crippen molar-refractivity contribution in [3.05, 3.63) is 35.4 Å². The van der Waals surface area contributed by atoms with Crippen LogP contribution >= 0.6 is 0 Å². The summed E-state index contributed by atoms with van der Waals surface area (Å²) in [4.78, 5) is 0. The first-order chi connectivity index (χ1) is 7.98. The van der Waals surface area contributed by atoms with E-state index >= 15 is 0 Å². The highest BCUT2D eigenvalue weighted by Gasteiger charge is 2.34. The molecule has 2 rings (SSSR count). The number of aliphatic hydroxyl groups is 1. The van der Waals surface area contributed by atoms with Gasteiger partial charge in [0.25, 0.3) is 0 Å². The van der Waals surface area contributed by atoms with Gasteiger partial charge in [-0.3, -0.25) is 0 Å². The van der Waals surface area contributed by atoms with Gasteiger partial charge in [0.05, 0.1) is 11.7 Å². The van der Waals surface area contributed by atoms with Crippen molar-refractivity contribution in [3.63, 3.8) is 0 Å². The van der Waals surface area contributed by atoms with Crippen LogP contribution in [0.3, 0.4) is 0 Å². The SMILES string of the molecule is OC(CCC1CC1)c1ccccc1C(F)(F)F. The van der Waals surface area contributed by atoms with Crippen molar-refractivity contribution in [3.8, 4) is 0 Å². The van der Waals surface area contributed by atoms with Crippen LogP contribution in [0.4, 0.5) is 13.2 Å². The molecule has 1 aliphatic rings. The minimum atomic E-state index is -4.39. The lowest BCUT2D eigenvalue weighted by atomic mass is 9.98. The molecule has 1 aromatic rings. The summed E-state index contributed by atoms with van der Waals surface area (Å²) in [5.41, 5.74) is -0.719. The molecule has 0 heterocycles. The molecule has 94 valence electrons. The van der Waals surface area contributed by atoms with Crippen LogP contribution in [0.15, 0.2) is 24.3 Å². The van der Waals surface area contributed by atoms with E-state index in [9.17, 15) is 18.3 Å². The van der Waals surface area contributed by atoms with Crippen molar-refractivity contribution in [2.24, 2.45) is 5.92 Å². The molecule has 0 bridgehead atoms. The first kappa shape index (κ1) is 12.4. The molecule has 1 nitrogen and oxygen atoms in total. The summed E-state index contributed by atoms with van der Waals surface area (Å²) in [7, 11) is 0. The molecule has 0 aromatic heterocycles. The van der Waals surface area contributed by atoms with Gasteiger partial charge in [-0.05, 0) is 30.4 Å². The Morgan fingerprint density at radius 1 is 1.24 bits per heavy atom. The second-order valence-corrected chi connectivity index (χ2v) is 4.62. The van der Waals surface area contributed by atoms with Gasteiger partial charge in [-0.2, -0.15) is 13.2 Å². The van der Waals surface area contributed by atoms with Crippen LogP contribution in [0.5, 0.6) is 0 Å². The maximum Gasteiger partial charge on any atom is 0.416 e. The summed E-state index contributed by atoms with van der Waals surface area (Å²) in [5, 5.41) is 9.84. The fourth-order valence-electron chi connectivity index (χ4n) is 2.00. The number of benzene rings is 1. The number of halogens is 3. The Hall–Kier alpha value is -1.03. The molecular weight excluding hydrogens is 229 g/mol. The van der Waals surface area contributed by atoms with E-state index in [1.54, 1.807) is 0 Å². The molecule has 1 saturated carbocycles. The van der Waals surface area contributed by atoms with Crippen LogP contribution in [0.25, 0.3) is 0 Å². The lowest BCUT2D eigenvalue weighted by Gasteiger charge is -2.17. The molecule has 1 fully saturated rings. The first-order valence-electron chi connectivity index (χ1n) is 5.82. The van der Waals surface area contributed by atoms with E-state index in [-0.39, 0.29) is 5.56 Å². The van der Waals surface area contributed by atoms with Crippen LogP contribution in [-0.4, -0.2) is 5.11 Å². The minimum absolute atomic E-state index is 0.000602. The van der Waals surface area contributed by atoms with Gasteiger partial charge in [-0.25, -0.2) is 0 Å². The monoisotopic (exact) mass is 244 g/mol. The number of rotatable bonds is 4. The van der Waals surface area contributed by atoms with E-state index < -0.39 is 17.8 Å². The maximum atomic E-state index is 12.7. The van der Waals surface area contributed by atoms with Gasteiger partial charge in [-0.1, -0.05) is 31.0 Å². The zero-order valence-electron chi connectivity index (χ0n) is 9.37. The number of aliphatic hydroxyl groups excluding tert-OH is 1. The van der Waals surface area contributed by atoms with Crippen LogP contribution in [0.2, 0.25) is 0 Å².